The summed E-state index contributed by atoms with van der Waals surface area (Å²) in [4.78, 5) is 10.5. The Hall–Kier alpha value is -2.02. The van der Waals surface area contributed by atoms with Crippen LogP contribution < -0.4 is 10.7 Å². The van der Waals surface area contributed by atoms with Gasteiger partial charge in [0.2, 0.25) is 0 Å². The van der Waals surface area contributed by atoms with Gasteiger partial charge in [0.05, 0.1) is 10.6 Å². The number of hydrogen-bond acceptors (Lipinski definition) is 4. The average Bonchev–Trinajstić information content (AvgIpc) is 2.35. The highest BCUT2D eigenvalue weighted by molar-refractivity contribution is 7.80. The predicted molar refractivity (Wildman–Crippen MR) is 84.0 cm³/mol. The molecule has 6 nitrogen and oxygen atoms in total. The van der Waals surface area contributed by atoms with Crippen molar-refractivity contribution < 1.29 is 4.92 Å². The summed E-state index contributed by atoms with van der Waals surface area (Å²) in [5.41, 5.74) is 4.73. The molecule has 20 heavy (non-hydrogen) atoms. The van der Waals surface area contributed by atoms with E-state index in [4.69, 9.17) is 12.2 Å². The van der Waals surface area contributed by atoms with Crippen LogP contribution in [0.5, 0.6) is 0 Å². The Labute approximate surface area is 123 Å². The van der Waals surface area contributed by atoms with Crippen molar-refractivity contribution in [3.8, 4) is 0 Å². The van der Waals surface area contributed by atoms with Crippen molar-refractivity contribution in [2.75, 3.05) is 0 Å². The zero-order chi connectivity index (χ0) is 15.3. The molecule has 0 heterocycles. The van der Waals surface area contributed by atoms with E-state index in [1.54, 1.807) is 26.0 Å². The lowest BCUT2D eigenvalue weighted by molar-refractivity contribution is -0.385. The fraction of sp³-hybridized carbons (Fsp3) is 0.385. The summed E-state index contributed by atoms with van der Waals surface area (Å²) in [5.74, 6) is 0. The highest BCUT2D eigenvalue weighted by Crippen LogP contribution is 2.19. The lowest BCUT2D eigenvalue weighted by Gasteiger charge is -2.10. The Balaban J connectivity index is 2.87. The molecule has 0 amide bonds. The predicted octanol–water partition coefficient (Wildman–Crippen LogP) is 2.50. The van der Waals surface area contributed by atoms with Gasteiger partial charge in [-0.15, -0.1) is 0 Å². The van der Waals surface area contributed by atoms with Crippen molar-refractivity contribution in [3.63, 3.8) is 0 Å². The van der Waals surface area contributed by atoms with Crippen molar-refractivity contribution in [1.29, 1.82) is 0 Å². The summed E-state index contributed by atoms with van der Waals surface area (Å²) in [6, 6.07) is 5.22. The third-order valence-electron chi connectivity index (χ3n) is 2.57. The molecule has 0 aromatic heterocycles. The molecule has 7 heteroatoms. The quantitative estimate of drug-likeness (QED) is 0.386. The zero-order valence-electron chi connectivity index (χ0n) is 11.9. The number of thiocarbonyl (C=S) groups is 1. The van der Waals surface area contributed by atoms with Crippen LogP contribution in [0.15, 0.2) is 23.3 Å². The Morgan fingerprint density at radius 1 is 1.45 bits per heavy atom. The number of hydrogen-bond donors (Lipinski definition) is 2. The minimum Gasteiger partial charge on any atom is -0.359 e. The topological polar surface area (TPSA) is 79.6 Å². The van der Waals surface area contributed by atoms with E-state index in [1.165, 1.54) is 6.07 Å². The van der Waals surface area contributed by atoms with Gasteiger partial charge in [-0.1, -0.05) is 12.1 Å². The van der Waals surface area contributed by atoms with Gasteiger partial charge in [-0.3, -0.25) is 15.5 Å². The molecule has 0 saturated heterocycles. The SMILES string of the molecule is C/C(=N/NC(=S)NC(C)C)c1ccc(C)c([N+](=O)[O-])c1. The first-order valence-electron chi connectivity index (χ1n) is 6.17. The van der Waals surface area contributed by atoms with Crippen LogP contribution in [0.3, 0.4) is 0 Å². The maximum atomic E-state index is 10.9. The van der Waals surface area contributed by atoms with Crippen molar-refractivity contribution in [1.82, 2.24) is 10.7 Å². The minimum atomic E-state index is -0.398. The summed E-state index contributed by atoms with van der Waals surface area (Å²) in [7, 11) is 0. The molecule has 0 radical (unpaired) electrons. The first kappa shape index (κ1) is 16.0. The summed E-state index contributed by atoms with van der Waals surface area (Å²) in [6.45, 7) is 7.40. The van der Waals surface area contributed by atoms with E-state index < -0.39 is 4.92 Å². The molecular formula is C13H18N4O2S. The fourth-order valence-corrected chi connectivity index (χ4v) is 1.81. The number of nitrogens with one attached hydrogen (secondary N) is 2. The minimum absolute atomic E-state index is 0.0833. The van der Waals surface area contributed by atoms with E-state index in [2.05, 4.69) is 15.8 Å². The lowest BCUT2D eigenvalue weighted by atomic mass is 10.1. The third kappa shape index (κ3) is 4.58. The Morgan fingerprint density at radius 3 is 2.65 bits per heavy atom. The molecule has 2 N–H and O–H groups in total. The second kappa shape index (κ2) is 6.95. The largest absolute Gasteiger partial charge is 0.359 e. The van der Waals surface area contributed by atoms with Crippen LogP contribution in [0.2, 0.25) is 0 Å². The van der Waals surface area contributed by atoms with Crippen molar-refractivity contribution in [3.05, 3.63) is 39.4 Å². The molecule has 1 rings (SSSR count). The van der Waals surface area contributed by atoms with Crippen LogP contribution in [0.4, 0.5) is 5.69 Å². The van der Waals surface area contributed by atoms with E-state index in [-0.39, 0.29) is 11.7 Å². The molecule has 1 aromatic rings. The first-order valence-corrected chi connectivity index (χ1v) is 6.58. The van der Waals surface area contributed by atoms with E-state index in [1.807, 2.05) is 13.8 Å². The summed E-state index contributed by atoms with van der Waals surface area (Å²) < 4.78 is 0. The molecule has 0 aliphatic carbocycles. The van der Waals surface area contributed by atoms with Crippen molar-refractivity contribution >= 4 is 28.7 Å². The number of rotatable bonds is 4. The van der Waals surface area contributed by atoms with Gasteiger partial charge in [-0.05, 0) is 39.9 Å². The number of benzene rings is 1. The van der Waals surface area contributed by atoms with E-state index in [9.17, 15) is 10.1 Å². The number of nitro benzene ring substituents is 1. The maximum Gasteiger partial charge on any atom is 0.272 e. The van der Waals surface area contributed by atoms with Crippen LogP contribution >= 0.6 is 12.2 Å². The molecule has 0 unspecified atom stereocenters. The van der Waals surface area contributed by atoms with Crippen LogP contribution in [-0.2, 0) is 0 Å². The summed E-state index contributed by atoms with van der Waals surface area (Å²) in [5, 5.41) is 18.4. The van der Waals surface area contributed by atoms with Gasteiger partial charge >= 0.3 is 0 Å². The average molecular weight is 294 g/mol. The van der Waals surface area contributed by atoms with E-state index in [0.29, 0.717) is 22.0 Å². The molecule has 0 spiro atoms. The molecule has 0 bridgehead atoms. The van der Waals surface area contributed by atoms with Gasteiger partial charge in [-0.2, -0.15) is 5.10 Å². The third-order valence-corrected chi connectivity index (χ3v) is 2.78. The van der Waals surface area contributed by atoms with Gasteiger partial charge in [-0.25, -0.2) is 0 Å². The van der Waals surface area contributed by atoms with Gasteiger partial charge in [0.15, 0.2) is 5.11 Å². The first-order chi connectivity index (χ1) is 9.31. The maximum absolute atomic E-state index is 10.9. The molecule has 1 aromatic carbocycles. The molecule has 0 fully saturated rings. The lowest BCUT2D eigenvalue weighted by Crippen LogP contribution is -2.37. The van der Waals surface area contributed by atoms with Gasteiger partial charge in [0.1, 0.15) is 0 Å². The van der Waals surface area contributed by atoms with Crippen molar-refractivity contribution in [2.45, 2.75) is 33.7 Å². The summed E-state index contributed by atoms with van der Waals surface area (Å²) in [6.07, 6.45) is 0. The summed E-state index contributed by atoms with van der Waals surface area (Å²) >= 11 is 5.05. The number of hydrazone groups is 1. The van der Waals surface area contributed by atoms with Crippen molar-refractivity contribution in [2.24, 2.45) is 5.10 Å². The van der Waals surface area contributed by atoms with E-state index >= 15 is 0 Å². The zero-order valence-corrected chi connectivity index (χ0v) is 12.7. The van der Waals surface area contributed by atoms with Crippen LogP contribution in [0.25, 0.3) is 0 Å². The molecule has 0 atom stereocenters. The Bertz CT molecular complexity index is 555. The normalized spacial score (nSPS) is 11.3. The molecule has 0 aliphatic rings. The number of nitrogens with zero attached hydrogens (tertiary/aromatic N) is 2. The molecule has 108 valence electrons. The standard InChI is InChI=1S/C13H18N4O2S/c1-8(2)14-13(20)16-15-10(4)11-6-5-9(3)12(7-11)17(18)19/h5-8H,1-4H3,(H2,14,16,20)/b15-10-. The van der Waals surface area contributed by atoms with Crippen LogP contribution in [0, 0.1) is 17.0 Å². The highest BCUT2D eigenvalue weighted by atomic mass is 32.1. The number of aryl methyl sites for hydroxylation is 1. The van der Waals surface area contributed by atoms with Gasteiger partial charge in [0, 0.05) is 23.2 Å². The highest BCUT2D eigenvalue weighted by Gasteiger charge is 2.12. The molecular weight excluding hydrogens is 276 g/mol. The fourth-order valence-electron chi connectivity index (χ4n) is 1.52. The van der Waals surface area contributed by atoms with Crippen LogP contribution in [-0.4, -0.2) is 21.8 Å². The number of nitro groups is 1. The smallest absolute Gasteiger partial charge is 0.272 e. The van der Waals surface area contributed by atoms with E-state index in [0.717, 1.165) is 0 Å². The van der Waals surface area contributed by atoms with Gasteiger partial charge < -0.3 is 5.32 Å². The van der Waals surface area contributed by atoms with Crippen LogP contribution in [0.1, 0.15) is 31.9 Å². The molecule has 0 saturated carbocycles. The second-order valence-corrected chi connectivity index (χ2v) is 5.10. The second-order valence-electron chi connectivity index (χ2n) is 4.70. The molecule has 0 aliphatic heterocycles. The van der Waals surface area contributed by atoms with Gasteiger partial charge in [0.25, 0.3) is 5.69 Å². The Kier molecular flexibility index (Phi) is 5.57. The Morgan fingerprint density at radius 2 is 2.10 bits per heavy atom. The monoisotopic (exact) mass is 294 g/mol.